The molecule has 98 valence electrons. The molecule has 0 aliphatic rings. The highest BCUT2D eigenvalue weighted by atomic mass is 32.1. The number of carbonyl (C=O) groups excluding carboxylic acids is 1. The molecule has 0 saturated heterocycles. The number of amides is 1. The van der Waals surface area contributed by atoms with E-state index in [0.717, 1.165) is 18.2 Å². The Labute approximate surface area is 108 Å². The van der Waals surface area contributed by atoms with E-state index in [4.69, 9.17) is 5.11 Å². The Balaban J connectivity index is 2.86. The van der Waals surface area contributed by atoms with E-state index in [9.17, 15) is 19.1 Å². The summed E-state index contributed by atoms with van der Waals surface area (Å²) < 4.78 is 12.9. The lowest BCUT2D eigenvalue weighted by Gasteiger charge is -2.13. The molecule has 0 heterocycles. The minimum Gasteiger partial charge on any atom is -0.507 e. The number of aromatic hydroxyl groups is 1. The van der Waals surface area contributed by atoms with Gasteiger partial charge in [0.25, 0.3) is 5.91 Å². The van der Waals surface area contributed by atoms with Crippen molar-refractivity contribution >= 4 is 24.5 Å². The highest BCUT2D eigenvalue weighted by Crippen LogP contribution is 2.17. The number of phenolic OH excluding ortho intramolecular Hbond substituents is 1. The molecule has 1 aromatic rings. The largest absolute Gasteiger partial charge is 0.507 e. The van der Waals surface area contributed by atoms with Crippen LogP contribution in [-0.4, -0.2) is 33.9 Å². The summed E-state index contributed by atoms with van der Waals surface area (Å²) in [4.78, 5) is 22.5. The molecule has 1 rings (SSSR count). The van der Waals surface area contributed by atoms with Crippen LogP contribution < -0.4 is 5.32 Å². The normalized spacial score (nSPS) is 11.9. The third-order valence-electron chi connectivity index (χ3n) is 2.22. The first-order valence-corrected chi connectivity index (χ1v) is 5.72. The van der Waals surface area contributed by atoms with Crippen LogP contribution in [0.3, 0.4) is 0 Å². The molecule has 1 aromatic carbocycles. The van der Waals surface area contributed by atoms with Gasteiger partial charge in [0.1, 0.15) is 17.6 Å². The number of aliphatic carboxylic acids is 1. The molecule has 1 unspecified atom stereocenters. The highest BCUT2D eigenvalue weighted by molar-refractivity contribution is 7.80. The van der Waals surface area contributed by atoms with E-state index in [-0.39, 0.29) is 17.7 Å². The van der Waals surface area contributed by atoms with E-state index < -0.39 is 29.5 Å². The molecule has 3 N–H and O–H groups in total. The Morgan fingerprint density at radius 1 is 1.44 bits per heavy atom. The number of hydrogen-bond acceptors (Lipinski definition) is 4. The second-order valence-electron chi connectivity index (χ2n) is 3.54. The van der Waals surface area contributed by atoms with Crippen molar-refractivity contribution < 1.29 is 24.2 Å². The fraction of sp³-hybridized carbons (Fsp3) is 0.273. The number of carboxylic acid groups (broad SMARTS) is 1. The maximum Gasteiger partial charge on any atom is 0.326 e. The Bertz CT molecular complexity index is 466. The number of hydrogen-bond donors (Lipinski definition) is 4. The monoisotopic (exact) mass is 273 g/mol. The molecule has 7 heteroatoms. The third kappa shape index (κ3) is 3.63. The van der Waals surface area contributed by atoms with Crippen molar-refractivity contribution in [2.75, 3.05) is 5.75 Å². The lowest BCUT2D eigenvalue weighted by atomic mass is 10.1. The van der Waals surface area contributed by atoms with Gasteiger partial charge in [0, 0.05) is 0 Å². The van der Waals surface area contributed by atoms with E-state index in [1.165, 1.54) is 0 Å². The summed E-state index contributed by atoms with van der Waals surface area (Å²) in [6.45, 7) is 0. The van der Waals surface area contributed by atoms with Crippen molar-refractivity contribution in [1.29, 1.82) is 0 Å². The molecule has 0 spiro atoms. The van der Waals surface area contributed by atoms with E-state index in [1.54, 1.807) is 0 Å². The van der Waals surface area contributed by atoms with E-state index in [0.29, 0.717) is 0 Å². The van der Waals surface area contributed by atoms with Crippen LogP contribution in [0.1, 0.15) is 16.8 Å². The fourth-order valence-corrected chi connectivity index (χ4v) is 1.57. The second kappa shape index (κ2) is 6.25. The average molecular weight is 273 g/mol. The van der Waals surface area contributed by atoms with Crippen molar-refractivity contribution in [3.05, 3.63) is 29.6 Å². The maximum atomic E-state index is 12.9. The number of carbonyl (C=O) groups is 2. The Hall–Kier alpha value is -1.76. The first kappa shape index (κ1) is 14.3. The van der Waals surface area contributed by atoms with Gasteiger partial charge in [0.2, 0.25) is 0 Å². The molecule has 1 atom stereocenters. The van der Waals surface area contributed by atoms with Crippen LogP contribution in [0.4, 0.5) is 4.39 Å². The van der Waals surface area contributed by atoms with Crippen molar-refractivity contribution in [2.24, 2.45) is 0 Å². The summed E-state index contributed by atoms with van der Waals surface area (Å²) >= 11 is 3.88. The van der Waals surface area contributed by atoms with E-state index >= 15 is 0 Å². The maximum absolute atomic E-state index is 12.9. The van der Waals surface area contributed by atoms with Crippen molar-refractivity contribution in [3.63, 3.8) is 0 Å². The number of carboxylic acids is 1. The zero-order valence-corrected chi connectivity index (χ0v) is 10.2. The minimum atomic E-state index is -1.21. The molecular weight excluding hydrogens is 261 g/mol. The highest BCUT2D eigenvalue weighted by Gasteiger charge is 2.21. The molecule has 0 bridgehead atoms. The first-order valence-electron chi connectivity index (χ1n) is 5.08. The summed E-state index contributed by atoms with van der Waals surface area (Å²) in [6, 6.07) is 1.73. The molecule has 0 saturated carbocycles. The number of benzene rings is 1. The Kier molecular flexibility index (Phi) is 4.96. The minimum absolute atomic E-state index is 0.125. The molecule has 0 fully saturated rings. The molecule has 0 aliphatic carbocycles. The molecular formula is C11H12FNO4S. The quantitative estimate of drug-likeness (QED) is 0.604. The fourth-order valence-electron chi connectivity index (χ4n) is 1.31. The van der Waals surface area contributed by atoms with Crippen LogP contribution in [-0.2, 0) is 4.79 Å². The van der Waals surface area contributed by atoms with Crippen molar-refractivity contribution in [3.8, 4) is 5.75 Å². The van der Waals surface area contributed by atoms with Gasteiger partial charge < -0.3 is 15.5 Å². The summed E-state index contributed by atoms with van der Waals surface area (Å²) in [6.07, 6.45) is 0.125. The summed E-state index contributed by atoms with van der Waals surface area (Å²) in [7, 11) is 0. The zero-order chi connectivity index (χ0) is 13.7. The van der Waals surface area contributed by atoms with Gasteiger partial charge in [-0.05, 0) is 30.4 Å². The number of nitrogens with one attached hydrogen (secondary N) is 1. The first-order chi connectivity index (χ1) is 8.45. The molecule has 0 radical (unpaired) electrons. The summed E-state index contributed by atoms with van der Waals surface area (Å²) in [5, 5.41) is 20.4. The number of halogens is 1. The van der Waals surface area contributed by atoms with Crippen LogP contribution in [0.5, 0.6) is 5.75 Å². The standard InChI is InChI=1S/C11H12FNO4S/c12-6-1-2-9(14)7(5-6)10(15)13-8(3-4-18)11(16)17/h1-2,5,8,14,18H,3-4H2,(H,13,15)(H,16,17). The van der Waals surface area contributed by atoms with E-state index in [1.807, 2.05) is 0 Å². The van der Waals surface area contributed by atoms with Gasteiger partial charge in [-0.15, -0.1) is 0 Å². The number of rotatable bonds is 5. The predicted octanol–water partition coefficient (Wildman–Crippen LogP) is 1.03. The lowest BCUT2D eigenvalue weighted by molar-refractivity contribution is -0.139. The summed E-state index contributed by atoms with van der Waals surface area (Å²) in [5.41, 5.74) is -0.305. The number of phenols is 1. The number of thiol groups is 1. The Morgan fingerprint density at radius 3 is 2.67 bits per heavy atom. The molecule has 5 nitrogen and oxygen atoms in total. The topological polar surface area (TPSA) is 86.6 Å². The molecule has 0 aromatic heterocycles. The lowest BCUT2D eigenvalue weighted by Crippen LogP contribution is -2.41. The van der Waals surface area contributed by atoms with E-state index in [2.05, 4.69) is 17.9 Å². The third-order valence-corrected chi connectivity index (χ3v) is 2.48. The van der Waals surface area contributed by atoms with Gasteiger partial charge in [-0.25, -0.2) is 9.18 Å². The van der Waals surface area contributed by atoms with Gasteiger partial charge in [-0.1, -0.05) is 0 Å². The van der Waals surface area contributed by atoms with Crippen LogP contribution in [0.15, 0.2) is 18.2 Å². The van der Waals surface area contributed by atoms with Crippen LogP contribution >= 0.6 is 12.6 Å². The van der Waals surface area contributed by atoms with Crippen LogP contribution in [0, 0.1) is 5.82 Å². The molecule has 1 amide bonds. The molecule has 18 heavy (non-hydrogen) atoms. The smallest absolute Gasteiger partial charge is 0.326 e. The van der Waals surface area contributed by atoms with Gasteiger partial charge in [-0.2, -0.15) is 12.6 Å². The zero-order valence-electron chi connectivity index (χ0n) is 9.26. The predicted molar refractivity (Wildman–Crippen MR) is 65.4 cm³/mol. The van der Waals surface area contributed by atoms with Gasteiger partial charge in [0.05, 0.1) is 5.56 Å². The van der Waals surface area contributed by atoms with Gasteiger partial charge in [-0.3, -0.25) is 4.79 Å². The van der Waals surface area contributed by atoms with Gasteiger partial charge in [0.15, 0.2) is 0 Å². The SMILES string of the molecule is O=C(NC(CCS)C(=O)O)c1cc(F)ccc1O. The van der Waals surface area contributed by atoms with Crippen molar-refractivity contribution in [1.82, 2.24) is 5.32 Å². The van der Waals surface area contributed by atoms with Gasteiger partial charge >= 0.3 is 5.97 Å². The molecule has 0 aliphatic heterocycles. The van der Waals surface area contributed by atoms with Crippen LogP contribution in [0.25, 0.3) is 0 Å². The second-order valence-corrected chi connectivity index (χ2v) is 3.99. The van der Waals surface area contributed by atoms with Crippen molar-refractivity contribution in [2.45, 2.75) is 12.5 Å². The average Bonchev–Trinajstić information content (AvgIpc) is 2.31. The Morgan fingerprint density at radius 2 is 2.11 bits per heavy atom. The van der Waals surface area contributed by atoms with Crippen LogP contribution in [0.2, 0.25) is 0 Å². The summed E-state index contributed by atoms with van der Waals surface area (Å²) in [5.74, 6) is -2.90.